The molecule has 1 atom stereocenters. The molecule has 0 radical (unpaired) electrons. The molecule has 0 bridgehead atoms. The number of aryl methyl sites for hydroxylation is 2. The van der Waals surface area contributed by atoms with Crippen molar-refractivity contribution in [3.63, 3.8) is 0 Å². The van der Waals surface area contributed by atoms with E-state index in [0.29, 0.717) is 0 Å². The van der Waals surface area contributed by atoms with Crippen LogP contribution in [0.1, 0.15) is 35.6 Å². The first-order valence-corrected chi connectivity index (χ1v) is 6.34. The Bertz CT molecular complexity index is 494. The van der Waals surface area contributed by atoms with Gasteiger partial charge in [0.15, 0.2) is 0 Å². The predicted octanol–water partition coefficient (Wildman–Crippen LogP) is 2.97. The van der Waals surface area contributed by atoms with Gasteiger partial charge in [-0.25, -0.2) is 0 Å². The van der Waals surface area contributed by atoms with Crippen LogP contribution in [0.15, 0.2) is 6.07 Å². The molecule has 1 unspecified atom stereocenters. The SMILES string of the molecule is Cc1cc(C)c(C)c(NC(=O)CC(C)C(=O)O)c1C. The van der Waals surface area contributed by atoms with Crippen molar-refractivity contribution in [2.75, 3.05) is 5.32 Å². The van der Waals surface area contributed by atoms with Gasteiger partial charge < -0.3 is 10.4 Å². The number of nitrogens with one attached hydrogen (secondary N) is 1. The van der Waals surface area contributed by atoms with E-state index in [1.165, 1.54) is 6.92 Å². The van der Waals surface area contributed by atoms with E-state index in [9.17, 15) is 9.59 Å². The van der Waals surface area contributed by atoms with Crippen LogP contribution < -0.4 is 5.32 Å². The number of benzene rings is 1. The summed E-state index contributed by atoms with van der Waals surface area (Å²) in [6, 6.07) is 2.08. The zero-order valence-electron chi connectivity index (χ0n) is 12.1. The minimum absolute atomic E-state index is 0.0127. The molecule has 1 aromatic carbocycles. The zero-order chi connectivity index (χ0) is 14.7. The summed E-state index contributed by atoms with van der Waals surface area (Å²) < 4.78 is 0. The van der Waals surface area contributed by atoms with Crippen LogP contribution in [0.2, 0.25) is 0 Å². The lowest BCUT2D eigenvalue weighted by molar-refractivity contribution is -0.142. The molecule has 0 aliphatic heterocycles. The lowest BCUT2D eigenvalue weighted by Gasteiger charge is -2.16. The number of amides is 1. The van der Waals surface area contributed by atoms with Crippen LogP contribution in [-0.2, 0) is 9.59 Å². The largest absolute Gasteiger partial charge is 0.481 e. The monoisotopic (exact) mass is 263 g/mol. The van der Waals surface area contributed by atoms with Gasteiger partial charge in [-0.1, -0.05) is 13.0 Å². The molecule has 0 aliphatic rings. The predicted molar refractivity (Wildman–Crippen MR) is 75.4 cm³/mol. The first kappa shape index (κ1) is 15.2. The molecule has 2 N–H and O–H groups in total. The van der Waals surface area contributed by atoms with E-state index in [1.807, 2.05) is 27.7 Å². The summed E-state index contributed by atoms with van der Waals surface area (Å²) in [5.74, 6) is -1.89. The third kappa shape index (κ3) is 3.56. The quantitative estimate of drug-likeness (QED) is 0.877. The van der Waals surface area contributed by atoms with Crippen LogP contribution >= 0.6 is 0 Å². The molecule has 1 amide bonds. The Hall–Kier alpha value is -1.84. The van der Waals surface area contributed by atoms with Crippen molar-refractivity contribution in [1.82, 2.24) is 0 Å². The van der Waals surface area contributed by atoms with Gasteiger partial charge >= 0.3 is 5.97 Å². The Morgan fingerprint density at radius 1 is 1.16 bits per heavy atom. The number of carboxylic acid groups (broad SMARTS) is 1. The first-order valence-electron chi connectivity index (χ1n) is 6.34. The summed E-state index contributed by atoms with van der Waals surface area (Å²) in [5.41, 5.74) is 5.09. The number of carbonyl (C=O) groups excluding carboxylic acids is 1. The topological polar surface area (TPSA) is 66.4 Å². The lowest BCUT2D eigenvalue weighted by atomic mass is 9.98. The van der Waals surface area contributed by atoms with Crippen LogP contribution in [-0.4, -0.2) is 17.0 Å². The highest BCUT2D eigenvalue weighted by molar-refractivity contribution is 5.94. The van der Waals surface area contributed by atoms with Crippen molar-refractivity contribution < 1.29 is 14.7 Å². The summed E-state index contributed by atoms with van der Waals surface area (Å²) in [7, 11) is 0. The normalized spacial score (nSPS) is 12.1. The number of aliphatic carboxylic acids is 1. The van der Waals surface area contributed by atoms with Gasteiger partial charge in [-0.2, -0.15) is 0 Å². The molecular formula is C15H21NO3. The molecule has 0 aromatic heterocycles. The number of carboxylic acids is 1. The molecule has 4 nitrogen and oxygen atoms in total. The Kier molecular flexibility index (Phi) is 4.70. The molecule has 1 rings (SSSR count). The molecule has 0 fully saturated rings. The highest BCUT2D eigenvalue weighted by atomic mass is 16.4. The van der Waals surface area contributed by atoms with E-state index in [-0.39, 0.29) is 12.3 Å². The number of anilines is 1. The van der Waals surface area contributed by atoms with Gasteiger partial charge in [0, 0.05) is 12.1 Å². The minimum Gasteiger partial charge on any atom is -0.481 e. The second kappa shape index (κ2) is 5.87. The number of hydrogen-bond acceptors (Lipinski definition) is 2. The van der Waals surface area contributed by atoms with Crippen molar-refractivity contribution >= 4 is 17.6 Å². The van der Waals surface area contributed by atoms with E-state index < -0.39 is 11.9 Å². The molecule has 0 saturated heterocycles. The molecule has 1 aromatic rings. The van der Waals surface area contributed by atoms with Crippen LogP contribution in [0.25, 0.3) is 0 Å². The standard InChI is InChI=1S/C15H21NO3/c1-8-6-9(2)12(5)14(11(8)4)16-13(17)7-10(3)15(18)19/h6,10H,7H2,1-5H3,(H,16,17)(H,18,19). The van der Waals surface area contributed by atoms with Crippen LogP contribution in [0.4, 0.5) is 5.69 Å². The van der Waals surface area contributed by atoms with Gasteiger partial charge in [-0.15, -0.1) is 0 Å². The smallest absolute Gasteiger partial charge is 0.306 e. The third-order valence-electron chi connectivity index (χ3n) is 3.54. The maximum Gasteiger partial charge on any atom is 0.306 e. The molecule has 4 heteroatoms. The van der Waals surface area contributed by atoms with Crippen molar-refractivity contribution in [3.05, 3.63) is 28.3 Å². The molecule has 0 saturated carbocycles. The summed E-state index contributed by atoms with van der Waals surface area (Å²) in [5, 5.41) is 11.7. The Morgan fingerprint density at radius 2 is 1.63 bits per heavy atom. The molecular weight excluding hydrogens is 242 g/mol. The highest BCUT2D eigenvalue weighted by Crippen LogP contribution is 2.26. The van der Waals surface area contributed by atoms with Gasteiger partial charge in [0.1, 0.15) is 0 Å². The summed E-state index contributed by atoms with van der Waals surface area (Å²) in [6.07, 6.45) is -0.0127. The van der Waals surface area contributed by atoms with Crippen molar-refractivity contribution in [3.8, 4) is 0 Å². The second-order valence-corrected chi connectivity index (χ2v) is 5.13. The molecule has 0 spiro atoms. The lowest BCUT2D eigenvalue weighted by Crippen LogP contribution is -2.21. The van der Waals surface area contributed by atoms with Gasteiger partial charge in [0.2, 0.25) is 5.91 Å². The van der Waals surface area contributed by atoms with Gasteiger partial charge in [0.05, 0.1) is 5.92 Å². The van der Waals surface area contributed by atoms with Crippen molar-refractivity contribution in [2.24, 2.45) is 5.92 Å². The Morgan fingerprint density at radius 3 is 2.05 bits per heavy atom. The molecule has 0 heterocycles. The van der Waals surface area contributed by atoms with Gasteiger partial charge in [0.25, 0.3) is 0 Å². The van der Waals surface area contributed by atoms with E-state index in [0.717, 1.165) is 27.9 Å². The van der Waals surface area contributed by atoms with Crippen molar-refractivity contribution in [2.45, 2.75) is 41.0 Å². The summed E-state index contributed by atoms with van der Waals surface area (Å²) in [4.78, 5) is 22.6. The minimum atomic E-state index is -0.955. The molecule has 0 aliphatic carbocycles. The fourth-order valence-electron chi connectivity index (χ4n) is 1.96. The highest BCUT2D eigenvalue weighted by Gasteiger charge is 2.17. The average molecular weight is 263 g/mol. The second-order valence-electron chi connectivity index (χ2n) is 5.13. The molecule has 104 valence electrons. The van der Waals surface area contributed by atoms with Crippen LogP contribution in [0.5, 0.6) is 0 Å². The Balaban J connectivity index is 2.94. The zero-order valence-corrected chi connectivity index (χ0v) is 12.1. The summed E-state index contributed by atoms with van der Waals surface area (Å²) >= 11 is 0. The number of carbonyl (C=O) groups is 2. The Labute approximate surface area is 113 Å². The van der Waals surface area contributed by atoms with E-state index in [2.05, 4.69) is 11.4 Å². The maximum absolute atomic E-state index is 11.9. The van der Waals surface area contributed by atoms with Gasteiger partial charge in [-0.3, -0.25) is 9.59 Å². The molecule has 19 heavy (non-hydrogen) atoms. The van der Waals surface area contributed by atoms with E-state index >= 15 is 0 Å². The van der Waals surface area contributed by atoms with E-state index in [1.54, 1.807) is 0 Å². The number of hydrogen-bond donors (Lipinski definition) is 2. The first-order chi connectivity index (χ1) is 8.73. The summed E-state index contributed by atoms with van der Waals surface area (Å²) in [6.45, 7) is 9.44. The van der Waals surface area contributed by atoms with E-state index in [4.69, 9.17) is 5.11 Å². The average Bonchev–Trinajstić information content (AvgIpc) is 2.32. The third-order valence-corrected chi connectivity index (χ3v) is 3.54. The van der Waals surface area contributed by atoms with Crippen LogP contribution in [0.3, 0.4) is 0 Å². The fraction of sp³-hybridized carbons (Fsp3) is 0.467. The fourth-order valence-corrected chi connectivity index (χ4v) is 1.96. The number of rotatable bonds is 4. The van der Waals surface area contributed by atoms with Crippen LogP contribution in [0, 0.1) is 33.6 Å². The van der Waals surface area contributed by atoms with Gasteiger partial charge in [-0.05, 0) is 49.9 Å². The van der Waals surface area contributed by atoms with Crippen molar-refractivity contribution in [1.29, 1.82) is 0 Å². The maximum atomic E-state index is 11.9.